The van der Waals surface area contributed by atoms with Gasteiger partial charge in [-0.15, -0.1) is 0 Å². The Morgan fingerprint density at radius 1 is 1.47 bits per heavy atom. The van der Waals surface area contributed by atoms with Gasteiger partial charge in [-0.3, -0.25) is 4.90 Å². The first-order chi connectivity index (χ1) is 8.06. The molecular formula is C13H17FN2O. The lowest BCUT2D eigenvalue weighted by atomic mass is 10.1. The summed E-state index contributed by atoms with van der Waals surface area (Å²) < 4.78 is 13.4. The molecule has 4 heteroatoms. The van der Waals surface area contributed by atoms with Crippen molar-refractivity contribution in [2.24, 2.45) is 0 Å². The van der Waals surface area contributed by atoms with Crippen molar-refractivity contribution in [1.29, 1.82) is 5.26 Å². The van der Waals surface area contributed by atoms with Crippen molar-refractivity contribution in [3.05, 3.63) is 35.6 Å². The van der Waals surface area contributed by atoms with E-state index in [9.17, 15) is 9.50 Å². The second-order valence-corrected chi connectivity index (χ2v) is 4.19. The van der Waals surface area contributed by atoms with Gasteiger partial charge in [0.15, 0.2) is 0 Å². The van der Waals surface area contributed by atoms with Crippen molar-refractivity contribution in [2.75, 3.05) is 13.6 Å². The number of hydrogen-bond donors (Lipinski definition) is 1. The van der Waals surface area contributed by atoms with Crippen LogP contribution in [-0.2, 0) is 0 Å². The molecule has 0 bridgehead atoms. The molecule has 92 valence electrons. The van der Waals surface area contributed by atoms with E-state index in [2.05, 4.69) is 6.07 Å². The molecule has 1 rings (SSSR count). The predicted molar refractivity (Wildman–Crippen MR) is 63.7 cm³/mol. The Bertz CT molecular complexity index is 403. The van der Waals surface area contributed by atoms with Gasteiger partial charge in [0.1, 0.15) is 5.82 Å². The summed E-state index contributed by atoms with van der Waals surface area (Å²) in [6.45, 7) is 2.21. The first kappa shape index (κ1) is 13.6. The summed E-state index contributed by atoms with van der Waals surface area (Å²) in [6, 6.07) is 8.31. The van der Waals surface area contributed by atoms with Crippen LogP contribution in [0.25, 0.3) is 0 Å². The maximum Gasteiger partial charge on any atom is 0.129 e. The number of nitrogens with zero attached hydrogens (tertiary/aromatic N) is 2. The number of hydrogen-bond acceptors (Lipinski definition) is 3. The van der Waals surface area contributed by atoms with Crippen LogP contribution in [0.5, 0.6) is 0 Å². The lowest BCUT2D eigenvalue weighted by Crippen LogP contribution is -2.32. The molecule has 0 aromatic heterocycles. The molecule has 0 radical (unpaired) electrons. The van der Waals surface area contributed by atoms with Gasteiger partial charge < -0.3 is 5.11 Å². The maximum atomic E-state index is 13.4. The van der Waals surface area contributed by atoms with E-state index in [1.807, 2.05) is 18.9 Å². The Kier molecular flexibility index (Phi) is 5.08. The van der Waals surface area contributed by atoms with Crippen LogP contribution in [-0.4, -0.2) is 29.6 Å². The van der Waals surface area contributed by atoms with Gasteiger partial charge in [0, 0.05) is 18.2 Å². The smallest absolute Gasteiger partial charge is 0.129 e. The number of aliphatic hydroxyl groups is 1. The molecule has 2 unspecified atom stereocenters. The monoisotopic (exact) mass is 236 g/mol. The normalized spacial score (nSPS) is 14.4. The van der Waals surface area contributed by atoms with Crippen LogP contribution in [0.2, 0.25) is 0 Å². The zero-order valence-corrected chi connectivity index (χ0v) is 10.1. The molecule has 0 spiro atoms. The quantitative estimate of drug-likeness (QED) is 0.851. The predicted octanol–water partition coefficient (Wildman–Crippen LogP) is 2.09. The largest absolute Gasteiger partial charge is 0.387 e. The molecule has 0 saturated carbocycles. The van der Waals surface area contributed by atoms with Crippen LogP contribution < -0.4 is 0 Å². The van der Waals surface area contributed by atoms with E-state index >= 15 is 0 Å². The van der Waals surface area contributed by atoms with Crippen LogP contribution in [0.1, 0.15) is 25.0 Å². The summed E-state index contributed by atoms with van der Waals surface area (Å²) in [7, 11) is 1.81. The maximum absolute atomic E-state index is 13.4. The van der Waals surface area contributed by atoms with Crippen LogP contribution in [0.15, 0.2) is 24.3 Å². The van der Waals surface area contributed by atoms with Gasteiger partial charge in [-0.1, -0.05) is 18.2 Å². The number of aliphatic hydroxyl groups excluding tert-OH is 1. The third kappa shape index (κ3) is 3.81. The van der Waals surface area contributed by atoms with E-state index in [1.54, 1.807) is 18.2 Å². The van der Waals surface area contributed by atoms with E-state index in [0.29, 0.717) is 18.5 Å². The molecule has 0 aliphatic rings. The van der Waals surface area contributed by atoms with Gasteiger partial charge in [-0.2, -0.15) is 5.26 Å². The fourth-order valence-electron chi connectivity index (χ4n) is 1.58. The van der Waals surface area contributed by atoms with Gasteiger partial charge in [0.2, 0.25) is 0 Å². The zero-order chi connectivity index (χ0) is 12.8. The molecule has 2 atom stereocenters. The number of halogens is 1. The molecule has 17 heavy (non-hydrogen) atoms. The van der Waals surface area contributed by atoms with Crippen LogP contribution >= 0.6 is 0 Å². The van der Waals surface area contributed by atoms with Gasteiger partial charge in [0.25, 0.3) is 0 Å². The summed E-state index contributed by atoms with van der Waals surface area (Å²) in [6.07, 6.45) is -0.483. The molecule has 0 amide bonds. The fourth-order valence-corrected chi connectivity index (χ4v) is 1.58. The summed E-state index contributed by atoms with van der Waals surface area (Å²) in [5.74, 6) is -0.402. The highest BCUT2D eigenvalue weighted by Crippen LogP contribution is 2.18. The molecule has 0 heterocycles. The van der Waals surface area contributed by atoms with Crippen molar-refractivity contribution < 1.29 is 9.50 Å². The van der Waals surface area contributed by atoms with E-state index in [1.165, 1.54) is 6.07 Å². The van der Waals surface area contributed by atoms with Gasteiger partial charge in [-0.25, -0.2) is 4.39 Å². The molecule has 0 fully saturated rings. The van der Waals surface area contributed by atoms with Gasteiger partial charge in [0.05, 0.1) is 18.6 Å². The average molecular weight is 236 g/mol. The minimum Gasteiger partial charge on any atom is -0.387 e. The Morgan fingerprint density at radius 2 is 2.12 bits per heavy atom. The SMILES string of the molecule is CC(CC#N)N(C)CC(O)c1ccccc1F. The molecule has 0 saturated heterocycles. The number of rotatable bonds is 5. The van der Waals surface area contributed by atoms with E-state index in [-0.39, 0.29) is 6.04 Å². The standard InChI is InChI=1S/C13H17FN2O/c1-10(7-8-15)16(2)9-13(17)11-5-3-4-6-12(11)14/h3-6,10,13,17H,7,9H2,1-2H3. The van der Waals surface area contributed by atoms with Crippen molar-refractivity contribution in [3.63, 3.8) is 0 Å². The molecular weight excluding hydrogens is 219 g/mol. The minimum absolute atomic E-state index is 0.0430. The topological polar surface area (TPSA) is 47.3 Å². The van der Waals surface area contributed by atoms with Crippen molar-refractivity contribution in [3.8, 4) is 6.07 Å². The zero-order valence-electron chi connectivity index (χ0n) is 10.1. The molecule has 3 nitrogen and oxygen atoms in total. The average Bonchev–Trinajstić information content (AvgIpc) is 2.29. The first-order valence-electron chi connectivity index (χ1n) is 5.56. The third-order valence-corrected chi connectivity index (χ3v) is 2.86. The highest BCUT2D eigenvalue weighted by atomic mass is 19.1. The fraction of sp³-hybridized carbons (Fsp3) is 0.462. The Balaban J connectivity index is 2.64. The third-order valence-electron chi connectivity index (χ3n) is 2.86. The molecule has 0 aliphatic heterocycles. The molecule has 1 aromatic carbocycles. The first-order valence-corrected chi connectivity index (χ1v) is 5.56. The molecule has 1 N–H and O–H groups in total. The number of likely N-dealkylation sites (N-methyl/N-ethyl adjacent to an activating group) is 1. The highest BCUT2D eigenvalue weighted by molar-refractivity contribution is 5.20. The number of benzene rings is 1. The molecule has 1 aromatic rings. The second kappa shape index (κ2) is 6.33. The van der Waals surface area contributed by atoms with E-state index < -0.39 is 11.9 Å². The van der Waals surface area contributed by atoms with Crippen LogP contribution in [0, 0.1) is 17.1 Å². The van der Waals surface area contributed by atoms with Crippen LogP contribution in [0.3, 0.4) is 0 Å². The second-order valence-electron chi connectivity index (χ2n) is 4.19. The lowest BCUT2D eigenvalue weighted by molar-refractivity contribution is 0.106. The van der Waals surface area contributed by atoms with Gasteiger partial charge in [-0.05, 0) is 20.0 Å². The summed E-state index contributed by atoms with van der Waals surface area (Å²) in [5.41, 5.74) is 0.295. The van der Waals surface area contributed by atoms with E-state index in [0.717, 1.165) is 0 Å². The summed E-state index contributed by atoms with van der Waals surface area (Å²) in [4.78, 5) is 1.85. The van der Waals surface area contributed by atoms with Crippen molar-refractivity contribution >= 4 is 0 Å². The van der Waals surface area contributed by atoms with Crippen LogP contribution in [0.4, 0.5) is 4.39 Å². The lowest BCUT2D eigenvalue weighted by Gasteiger charge is -2.25. The summed E-state index contributed by atoms with van der Waals surface area (Å²) >= 11 is 0. The van der Waals surface area contributed by atoms with Crippen molar-refractivity contribution in [2.45, 2.75) is 25.5 Å². The number of nitriles is 1. The van der Waals surface area contributed by atoms with Gasteiger partial charge >= 0.3 is 0 Å². The van der Waals surface area contributed by atoms with Crippen molar-refractivity contribution in [1.82, 2.24) is 4.90 Å². The summed E-state index contributed by atoms with van der Waals surface area (Å²) in [5, 5.41) is 18.5. The molecule has 0 aliphatic carbocycles. The Labute approximate surface area is 101 Å². The Hall–Kier alpha value is -1.44. The minimum atomic E-state index is -0.873. The Morgan fingerprint density at radius 3 is 2.71 bits per heavy atom. The van der Waals surface area contributed by atoms with E-state index in [4.69, 9.17) is 5.26 Å². The highest BCUT2D eigenvalue weighted by Gasteiger charge is 2.17.